The van der Waals surface area contributed by atoms with E-state index in [1.807, 2.05) is 6.08 Å². The molecule has 1 rings (SSSR count). The van der Waals surface area contributed by atoms with Crippen LogP contribution < -0.4 is 5.32 Å². The van der Waals surface area contributed by atoms with Gasteiger partial charge in [-0.1, -0.05) is 43.7 Å². The highest BCUT2D eigenvalue weighted by atomic mass is 14.8. The van der Waals surface area contributed by atoms with Crippen molar-refractivity contribution in [2.75, 3.05) is 6.54 Å². The molecule has 0 fully saturated rings. The summed E-state index contributed by atoms with van der Waals surface area (Å²) in [7, 11) is 0. The number of hydrogen-bond acceptors (Lipinski definition) is 1. The summed E-state index contributed by atoms with van der Waals surface area (Å²) >= 11 is 0. The summed E-state index contributed by atoms with van der Waals surface area (Å²) in [5.74, 6) is 0. The molecule has 1 N–H and O–H groups in total. The second-order valence-electron chi connectivity index (χ2n) is 4.48. The highest BCUT2D eigenvalue weighted by Crippen LogP contribution is 2.05. The van der Waals surface area contributed by atoms with Gasteiger partial charge in [0.15, 0.2) is 0 Å². The van der Waals surface area contributed by atoms with E-state index in [4.69, 9.17) is 0 Å². The Bertz CT molecular complexity index is 300. The molecule has 0 amide bonds. The monoisotopic (exact) mass is 231 g/mol. The predicted octanol–water partition coefficient (Wildman–Crippen LogP) is 4.09. The SMILES string of the molecule is C=CCCCCCNCc1ccc(CC)cc1. The largest absolute Gasteiger partial charge is 0.313 e. The van der Waals surface area contributed by atoms with E-state index in [9.17, 15) is 0 Å². The smallest absolute Gasteiger partial charge is 0.0205 e. The normalized spacial score (nSPS) is 10.4. The third kappa shape index (κ3) is 6.28. The quantitative estimate of drug-likeness (QED) is 0.498. The number of rotatable bonds is 9. The third-order valence-electron chi connectivity index (χ3n) is 3.02. The highest BCUT2D eigenvalue weighted by molar-refractivity contribution is 5.22. The van der Waals surface area contributed by atoms with Crippen LogP contribution in [0, 0.1) is 0 Å². The average molecular weight is 231 g/mol. The summed E-state index contributed by atoms with van der Waals surface area (Å²) in [6.07, 6.45) is 8.11. The minimum Gasteiger partial charge on any atom is -0.313 e. The Morgan fingerprint density at radius 2 is 1.76 bits per heavy atom. The van der Waals surface area contributed by atoms with Gasteiger partial charge in [0, 0.05) is 6.54 Å². The van der Waals surface area contributed by atoms with Crippen molar-refractivity contribution in [1.29, 1.82) is 0 Å². The fourth-order valence-corrected chi connectivity index (χ4v) is 1.84. The lowest BCUT2D eigenvalue weighted by molar-refractivity contribution is 0.606. The maximum Gasteiger partial charge on any atom is 0.0205 e. The first-order valence-electron chi connectivity index (χ1n) is 6.76. The molecule has 0 aliphatic heterocycles. The number of aryl methyl sites for hydroxylation is 1. The van der Waals surface area contributed by atoms with Gasteiger partial charge in [-0.3, -0.25) is 0 Å². The molecule has 0 bridgehead atoms. The molecule has 94 valence electrons. The maximum atomic E-state index is 3.73. The zero-order chi connectivity index (χ0) is 12.3. The molecule has 0 saturated carbocycles. The topological polar surface area (TPSA) is 12.0 Å². The maximum absolute atomic E-state index is 3.73. The minimum atomic E-state index is 0.992. The second-order valence-corrected chi connectivity index (χ2v) is 4.48. The Morgan fingerprint density at radius 3 is 2.41 bits per heavy atom. The third-order valence-corrected chi connectivity index (χ3v) is 3.02. The van der Waals surface area contributed by atoms with Crippen molar-refractivity contribution in [3.8, 4) is 0 Å². The fourth-order valence-electron chi connectivity index (χ4n) is 1.84. The molecular formula is C16H25N. The van der Waals surface area contributed by atoms with Crippen LogP contribution in [0.1, 0.15) is 43.7 Å². The molecule has 1 aromatic carbocycles. The van der Waals surface area contributed by atoms with Crippen molar-refractivity contribution in [2.24, 2.45) is 0 Å². The number of hydrogen-bond donors (Lipinski definition) is 1. The molecule has 0 unspecified atom stereocenters. The summed E-state index contributed by atoms with van der Waals surface area (Å²) in [4.78, 5) is 0. The summed E-state index contributed by atoms with van der Waals surface area (Å²) in [5.41, 5.74) is 2.80. The van der Waals surface area contributed by atoms with E-state index in [1.54, 1.807) is 0 Å². The van der Waals surface area contributed by atoms with Crippen LogP contribution in [0.4, 0.5) is 0 Å². The van der Waals surface area contributed by atoms with Gasteiger partial charge in [0.05, 0.1) is 0 Å². The van der Waals surface area contributed by atoms with Gasteiger partial charge in [-0.05, 0) is 43.4 Å². The van der Waals surface area contributed by atoms with Gasteiger partial charge in [0.2, 0.25) is 0 Å². The van der Waals surface area contributed by atoms with Gasteiger partial charge in [0.1, 0.15) is 0 Å². The summed E-state index contributed by atoms with van der Waals surface area (Å²) < 4.78 is 0. The zero-order valence-electron chi connectivity index (χ0n) is 11.0. The van der Waals surface area contributed by atoms with Gasteiger partial charge >= 0.3 is 0 Å². The molecule has 1 nitrogen and oxygen atoms in total. The summed E-state index contributed by atoms with van der Waals surface area (Å²) in [5, 5.41) is 3.49. The van der Waals surface area contributed by atoms with Gasteiger partial charge < -0.3 is 5.32 Å². The van der Waals surface area contributed by atoms with Crippen LogP contribution >= 0.6 is 0 Å². The van der Waals surface area contributed by atoms with E-state index in [0.717, 1.165) is 25.9 Å². The van der Waals surface area contributed by atoms with Crippen LogP contribution in [0.15, 0.2) is 36.9 Å². The second kappa shape index (κ2) is 9.00. The zero-order valence-corrected chi connectivity index (χ0v) is 11.0. The lowest BCUT2D eigenvalue weighted by atomic mass is 10.1. The van der Waals surface area contributed by atoms with Crippen LogP contribution in [-0.4, -0.2) is 6.54 Å². The van der Waals surface area contributed by atoms with E-state index < -0.39 is 0 Å². The number of benzene rings is 1. The fraction of sp³-hybridized carbons (Fsp3) is 0.500. The molecule has 1 aromatic rings. The van der Waals surface area contributed by atoms with E-state index >= 15 is 0 Å². The Hall–Kier alpha value is -1.08. The van der Waals surface area contributed by atoms with Crippen LogP contribution in [-0.2, 0) is 13.0 Å². The van der Waals surface area contributed by atoms with E-state index in [1.165, 1.54) is 30.4 Å². The standard InChI is InChI=1S/C16H25N/c1-3-5-6-7-8-13-17-14-16-11-9-15(4-2)10-12-16/h3,9-12,17H,1,4-8,13-14H2,2H3. The molecular weight excluding hydrogens is 206 g/mol. The van der Waals surface area contributed by atoms with Crippen LogP contribution in [0.2, 0.25) is 0 Å². The van der Waals surface area contributed by atoms with Crippen LogP contribution in [0.5, 0.6) is 0 Å². The minimum absolute atomic E-state index is 0.992. The highest BCUT2D eigenvalue weighted by Gasteiger charge is 1.93. The molecule has 0 heterocycles. The Balaban J connectivity index is 2.07. The van der Waals surface area contributed by atoms with Crippen molar-refractivity contribution >= 4 is 0 Å². The van der Waals surface area contributed by atoms with Crippen LogP contribution in [0.3, 0.4) is 0 Å². The summed E-state index contributed by atoms with van der Waals surface area (Å²) in [6.45, 7) is 8.03. The molecule has 17 heavy (non-hydrogen) atoms. The van der Waals surface area contributed by atoms with Crippen LogP contribution in [0.25, 0.3) is 0 Å². The average Bonchev–Trinajstić information content (AvgIpc) is 2.38. The molecule has 0 radical (unpaired) electrons. The molecule has 0 aliphatic rings. The van der Waals surface area contributed by atoms with Crippen molar-refractivity contribution in [3.05, 3.63) is 48.0 Å². The van der Waals surface area contributed by atoms with Gasteiger partial charge in [0.25, 0.3) is 0 Å². The van der Waals surface area contributed by atoms with Crippen molar-refractivity contribution in [2.45, 2.75) is 45.6 Å². The van der Waals surface area contributed by atoms with Gasteiger partial charge in [-0.25, -0.2) is 0 Å². The molecule has 0 spiro atoms. The van der Waals surface area contributed by atoms with Gasteiger partial charge in [-0.2, -0.15) is 0 Å². The Morgan fingerprint density at radius 1 is 1.06 bits per heavy atom. The Labute approximate surface area is 106 Å². The summed E-state index contributed by atoms with van der Waals surface area (Å²) in [6, 6.07) is 8.90. The predicted molar refractivity (Wildman–Crippen MR) is 76.2 cm³/mol. The molecule has 1 heteroatoms. The van der Waals surface area contributed by atoms with Crippen molar-refractivity contribution in [3.63, 3.8) is 0 Å². The number of unbranched alkanes of at least 4 members (excludes halogenated alkanes) is 3. The lowest BCUT2D eigenvalue weighted by Gasteiger charge is -2.05. The Kier molecular flexibility index (Phi) is 7.40. The van der Waals surface area contributed by atoms with Crippen molar-refractivity contribution in [1.82, 2.24) is 5.32 Å². The molecule has 0 aliphatic carbocycles. The molecule has 0 aromatic heterocycles. The lowest BCUT2D eigenvalue weighted by Crippen LogP contribution is -2.14. The first-order valence-corrected chi connectivity index (χ1v) is 6.76. The van der Waals surface area contributed by atoms with E-state index in [0.29, 0.717) is 0 Å². The number of allylic oxidation sites excluding steroid dienone is 1. The molecule has 0 atom stereocenters. The van der Waals surface area contributed by atoms with E-state index in [-0.39, 0.29) is 0 Å². The first-order chi connectivity index (χ1) is 8.36. The first kappa shape index (κ1) is 14.0. The van der Waals surface area contributed by atoms with Crippen molar-refractivity contribution < 1.29 is 0 Å². The van der Waals surface area contributed by atoms with Gasteiger partial charge in [-0.15, -0.1) is 6.58 Å². The van der Waals surface area contributed by atoms with E-state index in [2.05, 4.69) is 43.1 Å². The number of nitrogens with one attached hydrogen (secondary N) is 1. The molecule has 0 saturated heterocycles.